The van der Waals surface area contributed by atoms with E-state index in [-0.39, 0.29) is 12.5 Å². The number of carbonyl (C=O) groups is 1. The zero-order valence-electron chi connectivity index (χ0n) is 12.0. The molecule has 2 aliphatic rings. The van der Waals surface area contributed by atoms with Crippen molar-refractivity contribution in [1.29, 1.82) is 0 Å². The third-order valence-electron chi connectivity index (χ3n) is 5.03. The molecule has 0 unspecified atom stereocenters. The van der Waals surface area contributed by atoms with E-state index in [1.807, 2.05) is 6.20 Å². The van der Waals surface area contributed by atoms with Crippen molar-refractivity contribution in [1.82, 2.24) is 9.78 Å². The number of primary amides is 1. The molecule has 110 valence electrons. The fourth-order valence-electron chi connectivity index (χ4n) is 3.92. The molecule has 1 amide bonds. The quantitative estimate of drug-likeness (QED) is 0.886. The minimum Gasteiger partial charge on any atom is -0.380 e. The van der Waals surface area contributed by atoms with Crippen LogP contribution in [0.1, 0.15) is 51.4 Å². The van der Waals surface area contributed by atoms with Gasteiger partial charge in [0.1, 0.15) is 6.54 Å². The number of carbonyl (C=O) groups excluding carboxylic acids is 1. The van der Waals surface area contributed by atoms with Crippen molar-refractivity contribution in [2.45, 2.75) is 64.0 Å². The molecule has 0 saturated heterocycles. The van der Waals surface area contributed by atoms with E-state index in [0.717, 1.165) is 5.69 Å². The Bertz CT molecular complexity index is 466. The third kappa shape index (κ3) is 2.97. The van der Waals surface area contributed by atoms with Crippen LogP contribution in [0.15, 0.2) is 12.4 Å². The summed E-state index contributed by atoms with van der Waals surface area (Å²) >= 11 is 0. The first-order valence-electron chi connectivity index (χ1n) is 7.73. The summed E-state index contributed by atoms with van der Waals surface area (Å²) in [7, 11) is 0. The van der Waals surface area contributed by atoms with Gasteiger partial charge in [0.25, 0.3) is 0 Å². The first-order chi connectivity index (χ1) is 9.65. The highest BCUT2D eigenvalue weighted by Crippen LogP contribution is 2.49. The van der Waals surface area contributed by atoms with E-state index in [2.05, 4.69) is 10.4 Å². The second kappa shape index (κ2) is 5.46. The lowest BCUT2D eigenvalue weighted by Gasteiger charge is -2.37. The molecule has 1 aromatic heterocycles. The van der Waals surface area contributed by atoms with E-state index in [4.69, 9.17) is 5.73 Å². The Morgan fingerprint density at radius 2 is 2.05 bits per heavy atom. The van der Waals surface area contributed by atoms with Gasteiger partial charge >= 0.3 is 0 Å². The van der Waals surface area contributed by atoms with Crippen molar-refractivity contribution in [2.75, 3.05) is 5.32 Å². The van der Waals surface area contributed by atoms with Gasteiger partial charge in [-0.1, -0.05) is 12.8 Å². The highest BCUT2D eigenvalue weighted by Gasteiger charge is 2.37. The molecule has 5 heteroatoms. The molecule has 20 heavy (non-hydrogen) atoms. The summed E-state index contributed by atoms with van der Waals surface area (Å²) in [6.45, 7) is 0.148. The molecular formula is C15H24N4O. The molecule has 0 aromatic carbocycles. The summed E-state index contributed by atoms with van der Waals surface area (Å²) < 4.78 is 1.59. The van der Waals surface area contributed by atoms with Crippen LogP contribution in [0, 0.1) is 5.41 Å². The molecule has 1 heterocycles. The highest BCUT2D eigenvalue weighted by atomic mass is 16.1. The van der Waals surface area contributed by atoms with Crippen molar-refractivity contribution >= 4 is 11.6 Å². The molecule has 3 rings (SSSR count). The van der Waals surface area contributed by atoms with Crippen LogP contribution in [-0.4, -0.2) is 21.7 Å². The Balaban J connectivity index is 1.51. The summed E-state index contributed by atoms with van der Waals surface area (Å²) in [5.41, 5.74) is 6.84. The van der Waals surface area contributed by atoms with Crippen LogP contribution in [0.4, 0.5) is 5.69 Å². The predicted octanol–water partition coefficient (Wildman–Crippen LogP) is 2.28. The van der Waals surface area contributed by atoms with Crippen LogP contribution in [0.25, 0.3) is 0 Å². The Morgan fingerprint density at radius 3 is 2.70 bits per heavy atom. The second-order valence-electron chi connectivity index (χ2n) is 6.52. The van der Waals surface area contributed by atoms with Crippen LogP contribution in [-0.2, 0) is 11.3 Å². The van der Waals surface area contributed by atoms with Gasteiger partial charge in [0.15, 0.2) is 0 Å². The molecule has 1 aromatic rings. The molecular weight excluding hydrogens is 252 g/mol. The number of rotatable bonds is 4. The standard InChI is InChI=1S/C15H24N4O/c16-14(20)11-19-10-13(9-17-19)18-12-3-7-15(8-4-12)5-1-2-6-15/h9-10,12,18H,1-8,11H2,(H2,16,20). The minimum absolute atomic E-state index is 0.148. The number of anilines is 1. The van der Waals surface area contributed by atoms with Crippen molar-refractivity contribution in [3.05, 3.63) is 12.4 Å². The zero-order valence-corrected chi connectivity index (χ0v) is 12.0. The SMILES string of the molecule is NC(=O)Cn1cc(NC2CCC3(CCCC3)CC2)cn1. The largest absolute Gasteiger partial charge is 0.380 e. The number of hydrogen-bond donors (Lipinski definition) is 2. The van der Waals surface area contributed by atoms with Gasteiger partial charge < -0.3 is 11.1 Å². The second-order valence-corrected chi connectivity index (χ2v) is 6.52. The van der Waals surface area contributed by atoms with Crippen molar-refractivity contribution in [2.24, 2.45) is 11.1 Å². The van der Waals surface area contributed by atoms with Crippen molar-refractivity contribution < 1.29 is 4.79 Å². The number of nitrogens with zero attached hydrogens (tertiary/aromatic N) is 2. The Kier molecular flexibility index (Phi) is 3.68. The van der Waals surface area contributed by atoms with Gasteiger partial charge in [-0.15, -0.1) is 0 Å². The minimum atomic E-state index is -0.361. The highest BCUT2D eigenvalue weighted by molar-refractivity contribution is 5.73. The maximum Gasteiger partial charge on any atom is 0.239 e. The Labute approximate surface area is 119 Å². The Morgan fingerprint density at radius 1 is 1.35 bits per heavy atom. The normalized spacial score (nSPS) is 22.2. The van der Waals surface area contributed by atoms with Gasteiger partial charge in [-0.25, -0.2) is 0 Å². The average molecular weight is 276 g/mol. The molecule has 0 bridgehead atoms. The van der Waals surface area contributed by atoms with Gasteiger partial charge in [-0.05, 0) is 43.9 Å². The maximum absolute atomic E-state index is 10.9. The molecule has 0 aliphatic heterocycles. The van der Waals surface area contributed by atoms with Crippen molar-refractivity contribution in [3.8, 4) is 0 Å². The van der Waals surface area contributed by atoms with Gasteiger partial charge in [0.2, 0.25) is 5.91 Å². The van der Waals surface area contributed by atoms with Crippen LogP contribution in [0.2, 0.25) is 0 Å². The van der Waals surface area contributed by atoms with E-state index in [9.17, 15) is 4.79 Å². The van der Waals surface area contributed by atoms with E-state index in [1.165, 1.54) is 51.4 Å². The fourth-order valence-corrected chi connectivity index (χ4v) is 3.92. The van der Waals surface area contributed by atoms with Crippen LogP contribution in [0.3, 0.4) is 0 Å². The number of aromatic nitrogens is 2. The summed E-state index contributed by atoms with van der Waals surface area (Å²) in [5, 5.41) is 7.69. The molecule has 0 atom stereocenters. The number of nitrogens with two attached hydrogens (primary N) is 1. The van der Waals surface area contributed by atoms with Crippen LogP contribution in [0.5, 0.6) is 0 Å². The zero-order chi connectivity index (χ0) is 14.0. The molecule has 1 spiro atoms. The number of nitrogens with one attached hydrogen (secondary N) is 1. The van der Waals surface area contributed by atoms with Crippen molar-refractivity contribution in [3.63, 3.8) is 0 Å². The molecule has 2 aliphatic carbocycles. The van der Waals surface area contributed by atoms with Gasteiger partial charge in [-0.3, -0.25) is 9.48 Å². The van der Waals surface area contributed by atoms with E-state index >= 15 is 0 Å². The molecule has 2 fully saturated rings. The molecule has 5 nitrogen and oxygen atoms in total. The topological polar surface area (TPSA) is 72.9 Å². The predicted molar refractivity (Wildman–Crippen MR) is 78.2 cm³/mol. The number of hydrogen-bond acceptors (Lipinski definition) is 3. The average Bonchev–Trinajstić information content (AvgIpc) is 3.02. The summed E-state index contributed by atoms with van der Waals surface area (Å²) in [6, 6.07) is 0.549. The van der Waals surface area contributed by atoms with E-state index in [1.54, 1.807) is 10.9 Å². The summed E-state index contributed by atoms with van der Waals surface area (Å²) in [6.07, 6.45) is 14.6. The number of amides is 1. The third-order valence-corrected chi connectivity index (χ3v) is 5.03. The summed E-state index contributed by atoms with van der Waals surface area (Å²) in [4.78, 5) is 10.9. The van der Waals surface area contributed by atoms with Gasteiger partial charge in [-0.2, -0.15) is 5.10 Å². The van der Waals surface area contributed by atoms with E-state index < -0.39 is 0 Å². The van der Waals surface area contributed by atoms with Gasteiger partial charge in [0.05, 0.1) is 11.9 Å². The molecule has 2 saturated carbocycles. The fraction of sp³-hybridized carbons (Fsp3) is 0.733. The Hall–Kier alpha value is -1.52. The first-order valence-corrected chi connectivity index (χ1v) is 7.73. The smallest absolute Gasteiger partial charge is 0.239 e. The lowest BCUT2D eigenvalue weighted by Crippen LogP contribution is -2.31. The van der Waals surface area contributed by atoms with Crippen LogP contribution < -0.4 is 11.1 Å². The lowest BCUT2D eigenvalue weighted by molar-refractivity contribution is -0.118. The van der Waals surface area contributed by atoms with Crippen LogP contribution >= 0.6 is 0 Å². The van der Waals surface area contributed by atoms with E-state index in [0.29, 0.717) is 11.5 Å². The first kappa shape index (κ1) is 13.5. The summed E-state index contributed by atoms with van der Waals surface area (Å²) in [5.74, 6) is -0.361. The molecule has 3 N–H and O–H groups in total. The van der Waals surface area contributed by atoms with Gasteiger partial charge in [0, 0.05) is 12.2 Å². The maximum atomic E-state index is 10.9. The monoisotopic (exact) mass is 276 g/mol. The lowest BCUT2D eigenvalue weighted by atomic mass is 9.71. The molecule has 0 radical (unpaired) electrons.